The number of amides is 2. The maximum absolute atomic E-state index is 12.2. The van der Waals surface area contributed by atoms with Gasteiger partial charge in [-0.1, -0.05) is 29.8 Å². The van der Waals surface area contributed by atoms with Gasteiger partial charge in [0.05, 0.1) is 25.8 Å². The molecule has 1 unspecified atom stereocenters. The first-order chi connectivity index (χ1) is 13.9. The molecule has 1 aliphatic rings. The monoisotopic (exact) mass is 416 g/mol. The minimum absolute atomic E-state index is 0.312. The Balaban J connectivity index is 1.88. The fourth-order valence-corrected chi connectivity index (χ4v) is 3.31. The van der Waals surface area contributed by atoms with E-state index in [1.807, 2.05) is 18.2 Å². The Kier molecular flexibility index (Phi) is 6.29. The predicted molar refractivity (Wildman–Crippen MR) is 108 cm³/mol. The lowest BCUT2D eigenvalue weighted by Crippen LogP contribution is -2.45. The molecule has 0 radical (unpaired) electrons. The van der Waals surface area contributed by atoms with Crippen LogP contribution in [-0.4, -0.2) is 26.2 Å². The third kappa shape index (κ3) is 4.63. The van der Waals surface area contributed by atoms with Gasteiger partial charge < -0.3 is 24.8 Å². The number of esters is 1. The lowest BCUT2D eigenvalue weighted by molar-refractivity contribution is -0.136. The Hall–Kier alpha value is -3.19. The number of benzene rings is 2. The number of nitrogens with one attached hydrogen (secondary N) is 2. The van der Waals surface area contributed by atoms with Crippen LogP contribution in [0.3, 0.4) is 0 Å². The summed E-state index contributed by atoms with van der Waals surface area (Å²) in [7, 11) is 2.82. The van der Waals surface area contributed by atoms with Crippen molar-refractivity contribution in [2.75, 3.05) is 14.2 Å². The summed E-state index contributed by atoms with van der Waals surface area (Å²) in [5.74, 6) is 0.469. The molecule has 2 amide bonds. The van der Waals surface area contributed by atoms with E-state index in [4.69, 9.17) is 25.8 Å². The number of halogens is 1. The molecule has 0 aliphatic carbocycles. The number of hydrogen-bond donors (Lipinski definition) is 2. The highest BCUT2D eigenvalue weighted by Gasteiger charge is 2.32. The minimum atomic E-state index is -0.674. The molecule has 7 nitrogen and oxygen atoms in total. The molecule has 8 heteroatoms. The van der Waals surface area contributed by atoms with Crippen LogP contribution in [0.4, 0.5) is 4.79 Å². The fraction of sp³-hybridized carbons (Fsp3) is 0.238. The number of carbonyl (C=O) groups excluding carboxylic acids is 2. The molecule has 0 saturated carbocycles. The fourth-order valence-electron chi connectivity index (χ4n) is 3.10. The third-order valence-electron chi connectivity index (χ3n) is 4.48. The van der Waals surface area contributed by atoms with E-state index >= 15 is 0 Å². The van der Waals surface area contributed by atoms with Gasteiger partial charge in [0, 0.05) is 10.7 Å². The molecule has 2 aromatic carbocycles. The largest absolute Gasteiger partial charge is 0.493 e. The van der Waals surface area contributed by atoms with Gasteiger partial charge in [-0.25, -0.2) is 9.59 Å². The zero-order valence-corrected chi connectivity index (χ0v) is 17.0. The summed E-state index contributed by atoms with van der Waals surface area (Å²) in [5.41, 5.74) is 2.33. The Morgan fingerprint density at radius 3 is 2.62 bits per heavy atom. The van der Waals surface area contributed by atoms with Crippen molar-refractivity contribution in [2.24, 2.45) is 0 Å². The van der Waals surface area contributed by atoms with Crippen molar-refractivity contribution in [3.8, 4) is 11.5 Å². The zero-order valence-electron chi connectivity index (χ0n) is 16.2. The van der Waals surface area contributed by atoms with Crippen molar-refractivity contribution in [1.82, 2.24) is 10.6 Å². The zero-order chi connectivity index (χ0) is 21.0. The van der Waals surface area contributed by atoms with Crippen molar-refractivity contribution in [3.05, 3.63) is 69.9 Å². The average Bonchev–Trinajstić information content (AvgIpc) is 2.71. The van der Waals surface area contributed by atoms with E-state index in [9.17, 15) is 9.59 Å². The minimum Gasteiger partial charge on any atom is -0.493 e. The molecule has 152 valence electrons. The van der Waals surface area contributed by atoms with Crippen molar-refractivity contribution in [3.63, 3.8) is 0 Å². The molecule has 0 spiro atoms. The normalized spacial score (nSPS) is 16.0. The third-order valence-corrected chi connectivity index (χ3v) is 4.71. The van der Waals surface area contributed by atoms with E-state index in [1.54, 1.807) is 31.2 Å². The first kappa shape index (κ1) is 20.5. The number of ether oxygens (including phenoxy) is 3. The molecule has 29 heavy (non-hydrogen) atoms. The number of carbonyl (C=O) groups is 2. The van der Waals surface area contributed by atoms with E-state index in [0.29, 0.717) is 40.0 Å². The number of rotatable bonds is 6. The average molecular weight is 417 g/mol. The second-order valence-corrected chi connectivity index (χ2v) is 6.83. The van der Waals surface area contributed by atoms with Gasteiger partial charge in [0.1, 0.15) is 6.61 Å². The van der Waals surface area contributed by atoms with Crippen molar-refractivity contribution in [2.45, 2.75) is 19.6 Å². The Bertz CT molecular complexity index is 973. The van der Waals surface area contributed by atoms with Gasteiger partial charge in [0.25, 0.3) is 0 Å². The number of urea groups is 1. The van der Waals surface area contributed by atoms with Gasteiger partial charge in [-0.05, 0) is 42.3 Å². The van der Waals surface area contributed by atoms with Crippen LogP contribution in [0.1, 0.15) is 24.1 Å². The van der Waals surface area contributed by atoms with E-state index in [1.165, 1.54) is 14.2 Å². The second-order valence-electron chi connectivity index (χ2n) is 6.39. The Morgan fingerprint density at radius 2 is 1.93 bits per heavy atom. The second kappa shape index (κ2) is 8.87. The highest BCUT2D eigenvalue weighted by molar-refractivity contribution is 6.30. The molecule has 1 heterocycles. The maximum Gasteiger partial charge on any atom is 0.337 e. The SMILES string of the molecule is COC(=O)C1=C(C)NC(=O)NC1c1ccc(OCc2cccc(Cl)c2)c(OC)c1. The molecule has 2 aromatic rings. The van der Waals surface area contributed by atoms with Crippen LogP contribution in [0, 0.1) is 0 Å². The van der Waals surface area contributed by atoms with E-state index < -0.39 is 18.0 Å². The van der Waals surface area contributed by atoms with Gasteiger partial charge in [0.15, 0.2) is 11.5 Å². The molecule has 0 fully saturated rings. The molecule has 0 bridgehead atoms. The van der Waals surface area contributed by atoms with Crippen LogP contribution in [-0.2, 0) is 16.1 Å². The number of allylic oxidation sites excluding steroid dienone is 1. The summed E-state index contributed by atoms with van der Waals surface area (Å²) in [6.45, 7) is 1.96. The summed E-state index contributed by atoms with van der Waals surface area (Å²) in [4.78, 5) is 24.2. The van der Waals surface area contributed by atoms with Crippen molar-refractivity contribution in [1.29, 1.82) is 0 Å². The van der Waals surface area contributed by atoms with E-state index in [0.717, 1.165) is 5.56 Å². The van der Waals surface area contributed by atoms with Crippen LogP contribution in [0.15, 0.2) is 53.7 Å². The molecule has 1 aliphatic heterocycles. The van der Waals surface area contributed by atoms with Gasteiger partial charge in [-0.2, -0.15) is 0 Å². The van der Waals surface area contributed by atoms with E-state index in [-0.39, 0.29) is 0 Å². The predicted octanol–water partition coefficient (Wildman–Crippen LogP) is 3.73. The van der Waals surface area contributed by atoms with Gasteiger partial charge in [-0.3, -0.25) is 0 Å². The van der Waals surface area contributed by atoms with Crippen molar-refractivity contribution >= 4 is 23.6 Å². The first-order valence-corrected chi connectivity index (χ1v) is 9.22. The summed E-state index contributed by atoms with van der Waals surface area (Å²) in [6.07, 6.45) is 0. The Morgan fingerprint density at radius 1 is 1.14 bits per heavy atom. The van der Waals surface area contributed by atoms with Gasteiger partial charge in [-0.15, -0.1) is 0 Å². The summed E-state index contributed by atoms with van der Waals surface area (Å²) < 4.78 is 16.2. The van der Waals surface area contributed by atoms with Crippen molar-refractivity contribution < 1.29 is 23.8 Å². The van der Waals surface area contributed by atoms with Crippen LogP contribution in [0.2, 0.25) is 5.02 Å². The molecule has 1 atom stereocenters. The maximum atomic E-state index is 12.2. The summed E-state index contributed by atoms with van der Waals surface area (Å²) in [5, 5.41) is 5.96. The molecule has 0 saturated heterocycles. The number of hydrogen-bond acceptors (Lipinski definition) is 5. The van der Waals surface area contributed by atoms with Gasteiger partial charge in [0.2, 0.25) is 0 Å². The topological polar surface area (TPSA) is 85.9 Å². The highest BCUT2D eigenvalue weighted by atomic mass is 35.5. The molecular formula is C21H21ClN2O5. The summed E-state index contributed by atoms with van der Waals surface area (Å²) in [6, 6.07) is 11.5. The standard InChI is InChI=1S/C21H21ClN2O5/c1-12-18(20(25)28-3)19(24-21(26)23-12)14-7-8-16(17(10-14)27-2)29-11-13-5-4-6-15(22)9-13/h4-10,19H,11H2,1-3H3,(H2,23,24,26). The lowest BCUT2D eigenvalue weighted by Gasteiger charge is -2.28. The van der Waals surface area contributed by atoms with Crippen LogP contribution in [0.5, 0.6) is 11.5 Å². The quantitative estimate of drug-likeness (QED) is 0.701. The lowest BCUT2D eigenvalue weighted by atomic mass is 9.95. The van der Waals surface area contributed by atoms with Crippen LogP contribution < -0.4 is 20.1 Å². The van der Waals surface area contributed by atoms with E-state index in [2.05, 4.69) is 10.6 Å². The Labute approximate surface area is 173 Å². The van der Waals surface area contributed by atoms with Crippen LogP contribution >= 0.6 is 11.6 Å². The van der Waals surface area contributed by atoms with Gasteiger partial charge >= 0.3 is 12.0 Å². The summed E-state index contributed by atoms with van der Waals surface area (Å²) >= 11 is 6.00. The molecule has 3 rings (SSSR count). The highest BCUT2D eigenvalue weighted by Crippen LogP contribution is 2.35. The molecule has 2 N–H and O–H groups in total. The number of methoxy groups -OCH3 is 2. The molecular weight excluding hydrogens is 396 g/mol. The molecule has 0 aromatic heterocycles. The smallest absolute Gasteiger partial charge is 0.337 e. The van der Waals surface area contributed by atoms with Crippen LogP contribution in [0.25, 0.3) is 0 Å². The first-order valence-electron chi connectivity index (χ1n) is 8.84.